The predicted molar refractivity (Wildman–Crippen MR) is 104 cm³/mol. The molecule has 3 saturated carbocycles. The number of Topliss-reactive ketones (excluding diaryl/α,β-unsaturated/α-hetero) is 2. The Morgan fingerprint density at radius 1 is 1.23 bits per heavy atom. The number of furan rings is 1. The number of ketones is 2. The maximum Gasteiger partial charge on any atom is 0.309 e. The van der Waals surface area contributed by atoms with Crippen molar-refractivity contribution in [1.29, 1.82) is 0 Å². The molecule has 3 fully saturated rings. The molecule has 162 valence electrons. The van der Waals surface area contributed by atoms with Crippen LogP contribution in [0.2, 0.25) is 0 Å². The number of fused-ring (bicyclic) bond motifs is 3. The average Bonchev–Trinajstić information content (AvgIpc) is 3.23. The fraction of sp³-hybridized carbons (Fsp3) is 0.652. The molecule has 0 radical (unpaired) electrons. The van der Waals surface area contributed by atoms with Gasteiger partial charge < -0.3 is 13.9 Å². The number of carbonyl (C=O) groups excluding carboxylic acids is 4. The zero-order valence-corrected chi connectivity index (χ0v) is 17.6. The predicted octanol–water partition coefficient (Wildman–Crippen LogP) is 3.07. The van der Waals surface area contributed by atoms with Gasteiger partial charge >= 0.3 is 11.9 Å². The van der Waals surface area contributed by atoms with E-state index in [0.717, 1.165) is 5.56 Å². The monoisotopic (exact) mass is 416 g/mol. The van der Waals surface area contributed by atoms with Crippen LogP contribution in [0.25, 0.3) is 0 Å². The van der Waals surface area contributed by atoms with Gasteiger partial charge in [0, 0.05) is 31.6 Å². The van der Waals surface area contributed by atoms with Crippen molar-refractivity contribution in [3.63, 3.8) is 0 Å². The molecule has 1 aromatic rings. The van der Waals surface area contributed by atoms with Gasteiger partial charge in [-0.1, -0.05) is 6.92 Å². The van der Waals surface area contributed by atoms with Gasteiger partial charge in [0.25, 0.3) is 0 Å². The van der Waals surface area contributed by atoms with E-state index in [1.54, 1.807) is 12.5 Å². The number of carbonyl (C=O) groups is 4. The first kappa shape index (κ1) is 20.8. The lowest BCUT2D eigenvalue weighted by Gasteiger charge is -2.56. The molecule has 0 amide bonds. The quantitative estimate of drug-likeness (QED) is 0.698. The Labute approximate surface area is 175 Å². The Morgan fingerprint density at radius 3 is 2.63 bits per heavy atom. The molecule has 1 aromatic heterocycles. The van der Waals surface area contributed by atoms with E-state index in [4.69, 9.17) is 13.9 Å². The number of methoxy groups -OCH3 is 1. The zero-order chi connectivity index (χ0) is 21.6. The summed E-state index contributed by atoms with van der Waals surface area (Å²) in [6, 6.07) is 1.86. The van der Waals surface area contributed by atoms with Crippen molar-refractivity contribution in [3.05, 3.63) is 24.2 Å². The lowest BCUT2D eigenvalue weighted by Crippen LogP contribution is -2.60. The van der Waals surface area contributed by atoms with Crippen LogP contribution in [0.15, 0.2) is 23.0 Å². The van der Waals surface area contributed by atoms with Crippen LogP contribution < -0.4 is 0 Å². The molecule has 0 N–H and O–H groups in total. The van der Waals surface area contributed by atoms with Gasteiger partial charge in [-0.05, 0) is 48.1 Å². The lowest BCUT2D eigenvalue weighted by molar-refractivity contribution is -0.183. The van der Waals surface area contributed by atoms with Crippen molar-refractivity contribution in [1.82, 2.24) is 0 Å². The van der Waals surface area contributed by atoms with E-state index in [-0.39, 0.29) is 41.7 Å². The second-order valence-corrected chi connectivity index (χ2v) is 9.26. The first-order valence-electron chi connectivity index (χ1n) is 10.6. The maximum atomic E-state index is 13.6. The Balaban J connectivity index is 1.73. The number of hydrogen-bond acceptors (Lipinski definition) is 7. The first-order chi connectivity index (χ1) is 14.3. The van der Waals surface area contributed by atoms with Crippen LogP contribution in [0.5, 0.6) is 0 Å². The van der Waals surface area contributed by atoms with Crippen LogP contribution in [-0.2, 0) is 28.7 Å². The van der Waals surface area contributed by atoms with Gasteiger partial charge in [-0.15, -0.1) is 0 Å². The molecule has 0 aliphatic heterocycles. The van der Waals surface area contributed by atoms with Crippen molar-refractivity contribution in [2.24, 2.45) is 29.1 Å². The van der Waals surface area contributed by atoms with Crippen molar-refractivity contribution in [2.45, 2.75) is 58.0 Å². The minimum atomic E-state index is -0.979. The van der Waals surface area contributed by atoms with E-state index < -0.39 is 29.3 Å². The maximum absolute atomic E-state index is 13.6. The van der Waals surface area contributed by atoms with Crippen molar-refractivity contribution in [2.75, 3.05) is 7.11 Å². The fourth-order valence-electron chi connectivity index (χ4n) is 6.37. The Bertz CT molecular complexity index is 857. The SMILES string of the molecule is COC(=O)C1CC(OC(C)=O)C(=O)C2C3CC(c4ccoc4)CC(=O)C3CCC12C. The van der Waals surface area contributed by atoms with Gasteiger partial charge in [0.1, 0.15) is 5.78 Å². The molecule has 0 saturated heterocycles. The first-order valence-corrected chi connectivity index (χ1v) is 10.6. The summed E-state index contributed by atoms with van der Waals surface area (Å²) in [4.78, 5) is 50.9. The molecule has 3 aliphatic rings. The molecule has 0 aromatic carbocycles. The van der Waals surface area contributed by atoms with Gasteiger partial charge in [0.15, 0.2) is 11.9 Å². The zero-order valence-electron chi connectivity index (χ0n) is 17.6. The highest BCUT2D eigenvalue weighted by atomic mass is 16.5. The molecule has 3 aliphatic carbocycles. The van der Waals surface area contributed by atoms with E-state index >= 15 is 0 Å². The van der Waals surface area contributed by atoms with Gasteiger partial charge in [0.05, 0.1) is 25.6 Å². The average molecular weight is 416 g/mol. The van der Waals surface area contributed by atoms with Crippen LogP contribution in [0.4, 0.5) is 0 Å². The molecule has 0 spiro atoms. The molecular weight excluding hydrogens is 388 g/mol. The minimum absolute atomic E-state index is 0.0154. The summed E-state index contributed by atoms with van der Waals surface area (Å²) < 4.78 is 15.6. The van der Waals surface area contributed by atoms with Crippen LogP contribution in [0.3, 0.4) is 0 Å². The second kappa shape index (κ2) is 7.67. The molecule has 7 nitrogen and oxygen atoms in total. The molecule has 4 rings (SSSR count). The third-order valence-electron chi connectivity index (χ3n) is 7.75. The van der Waals surface area contributed by atoms with Gasteiger partial charge in [-0.2, -0.15) is 0 Å². The molecule has 7 atom stereocenters. The fourth-order valence-corrected chi connectivity index (χ4v) is 6.37. The Hall–Kier alpha value is -2.44. The summed E-state index contributed by atoms with van der Waals surface area (Å²) in [7, 11) is 1.34. The van der Waals surface area contributed by atoms with Gasteiger partial charge in [-0.25, -0.2) is 0 Å². The Morgan fingerprint density at radius 2 is 2.00 bits per heavy atom. The van der Waals surface area contributed by atoms with E-state index in [9.17, 15) is 19.2 Å². The highest BCUT2D eigenvalue weighted by molar-refractivity contribution is 5.93. The smallest absolute Gasteiger partial charge is 0.309 e. The largest absolute Gasteiger partial charge is 0.472 e. The van der Waals surface area contributed by atoms with Crippen molar-refractivity contribution in [3.8, 4) is 0 Å². The van der Waals surface area contributed by atoms with Crippen molar-refractivity contribution < 1.29 is 33.1 Å². The van der Waals surface area contributed by atoms with Crippen LogP contribution in [0.1, 0.15) is 57.4 Å². The van der Waals surface area contributed by atoms with Gasteiger partial charge in [-0.3, -0.25) is 19.2 Å². The molecule has 0 bridgehead atoms. The van der Waals surface area contributed by atoms with Crippen LogP contribution in [-0.4, -0.2) is 36.7 Å². The standard InChI is InChI=1S/C23H28O7/c1-12(24)30-19-10-17(22(27)28-3)23(2)6-4-15-16(20(23)21(19)26)8-14(9-18(15)25)13-5-7-29-11-13/h5,7,11,14-17,19-20H,4,6,8-10H2,1-3H3. The molecular formula is C23H28O7. The number of hydrogen-bond donors (Lipinski definition) is 0. The summed E-state index contributed by atoms with van der Waals surface area (Å²) in [6.45, 7) is 3.22. The van der Waals surface area contributed by atoms with Gasteiger partial charge in [0.2, 0.25) is 0 Å². The third kappa shape index (κ3) is 3.28. The Kier molecular flexibility index (Phi) is 5.32. The lowest BCUT2D eigenvalue weighted by atomic mass is 9.46. The van der Waals surface area contributed by atoms with Crippen molar-refractivity contribution >= 4 is 23.5 Å². The molecule has 7 unspecified atom stereocenters. The normalized spacial score (nSPS) is 38.4. The summed E-state index contributed by atoms with van der Waals surface area (Å²) >= 11 is 0. The van der Waals surface area contributed by atoms with Crippen LogP contribution >= 0.6 is 0 Å². The molecule has 7 heteroatoms. The minimum Gasteiger partial charge on any atom is -0.472 e. The highest BCUT2D eigenvalue weighted by Crippen LogP contribution is 2.60. The third-order valence-corrected chi connectivity index (χ3v) is 7.75. The van der Waals surface area contributed by atoms with E-state index in [1.807, 2.05) is 13.0 Å². The van der Waals surface area contributed by atoms with E-state index in [0.29, 0.717) is 25.7 Å². The van der Waals surface area contributed by atoms with Crippen LogP contribution in [0, 0.1) is 29.1 Å². The number of rotatable bonds is 3. The molecule has 1 heterocycles. The number of esters is 2. The summed E-state index contributed by atoms with van der Waals surface area (Å²) in [5.74, 6) is -2.44. The summed E-state index contributed by atoms with van der Waals surface area (Å²) in [6.07, 6.45) is 4.76. The topological polar surface area (TPSA) is 99.9 Å². The highest BCUT2D eigenvalue weighted by Gasteiger charge is 2.62. The molecule has 30 heavy (non-hydrogen) atoms. The second-order valence-electron chi connectivity index (χ2n) is 9.26. The van der Waals surface area contributed by atoms with E-state index in [1.165, 1.54) is 14.0 Å². The number of ether oxygens (including phenoxy) is 2. The summed E-state index contributed by atoms with van der Waals surface area (Å²) in [5, 5.41) is 0. The van der Waals surface area contributed by atoms with E-state index in [2.05, 4.69) is 0 Å². The summed E-state index contributed by atoms with van der Waals surface area (Å²) in [5.41, 5.74) is 0.332.